The third-order valence-electron chi connectivity index (χ3n) is 2.26. The zero-order valence-electron chi connectivity index (χ0n) is 10.1. The number of esters is 1. The van der Waals surface area contributed by atoms with Crippen molar-refractivity contribution in [1.82, 2.24) is 0 Å². The van der Waals surface area contributed by atoms with Gasteiger partial charge in [-0.2, -0.15) is 0 Å². The first-order chi connectivity index (χ1) is 8.00. The molecule has 0 aliphatic carbocycles. The summed E-state index contributed by atoms with van der Waals surface area (Å²) < 4.78 is 36.6. The predicted molar refractivity (Wildman–Crippen MR) is 57.5 cm³/mol. The smallest absolute Gasteiger partial charge is 0.355 e. The summed E-state index contributed by atoms with van der Waals surface area (Å²) in [4.78, 5) is 10.8. The molecule has 0 radical (unpaired) electrons. The van der Waals surface area contributed by atoms with Crippen LogP contribution in [0.5, 0.6) is 0 Å². The van der Waals surface area contributed by atoms with Crippen LogP contribution in [0.2, 0.25) is 0 Å². The molecule has 1 saturated heterocycles. The fourth-order valence-electron chi connectivity index (χ4n) is 1.37. The van der Waals surface area contributed by atoms with E-state index in [0.717, 1.165) is 0 Å². The summed E-state index contributed by atoms with van der Waals surface area (Å²) in [7, 11) is -0.696. The van der Waals surface area contributed by atoms with Crippen molar-refractivity contribution in [1.29, 1.82) is 0 Å². The second kappa shape index (κ2) is 6.47. The zero-order valence-corrected chi connectivity index (χ0v) is 11.0. The molecular weight excluding hydrogens is 251 g/mol. The minimum atomic E-state index is -3.24. The molecule has 8 heteroatoms. The van der Waals surface area contributed by atoms with Gasteiger partial charge in [-0.05, 0) is 0 Å². The van der Waals surface area contributed by atoms with Gasteiger partial charge in [0.05, 0.1) is 6.61 Å². The summed E-state index contributed by atoms with van der Waals surface area (Å²) in [6.07, 6.45) is -0.899. The van der Waals surface area contributed by atoms with Crippen LogP contribution in [0.3, 0.4) is 0 Å². The van der Waals surface area contributed by atoms with E-state index in [9.17, 15) is 9.36 Å². The molecule has 0 aromatic heterocycles. The molecule has 17 heavy (non-hydrogen) atoms. The van der Waals surface area contributed by atoms with Crippen LogP contribution < -0.4 is 0 Å². The number of carbonyl (C=O) groups excluding carboxylic acids is 1. The summed E-state index contributed by atoms with van der Waals surface area (Å²) in [6, 6.07) is 0. The third-order valence-corrected chi connectivity index (χ3v) is 3.84. The van der Waals surface area contributed by atoms with Gasteiger partial charge in [-0.1, -0.05) is 0 Å². The average Bonchev–Trinajstić information content (AvgIpc) is 2.72. The van der Waals surface area contributed by atoms with Crippen LogP contribution in [0.1, 0.15) is 13.3 Å². The highest BCUT2D eigenvalue weighted by Crippen LogP contribution is 2.46. The summed E-state index contributed by atoms with van der Waals surface area (Å²) in [5.41, 5.74) is 0. The Morgan fingerprint density at radius 1 is 1.41 bits per heavy atom. The van der Waals surface area contributed by atoms with Crippen molar-refractivity contribution in [2.45, 2.75) is 25.7 Å². The SMILES string of the molecule is COP(=O)(COC1OCCC1OC(C)=O)OC. The molecule has 0 saturated carbocycles. The van der Waals surface area contributed by atoms with Crippen LogP contribution in [0.4, 0.5) is 0 Å². The number of carbonyl (C=O) groups is 1. The first kappa shape index (κ1) is 14.6. The normalized spacial score (nSPS) is 24.9. The molecule has 1 fully saturated rings. The molecule has 2 unspecified atom stereocenters. The molecule has 0 bridgehead atoms. The van der Waals surface area contributed by atoms with Crippen molar-refractivity contribution in [2.24, 2.45) is 0 Å². The Morgan fingerprint density at radius 2 is 2.06 bits per heavy atom. The molecule has 2 atom stereocenters. The quantitative estimate of drug-likeness (QED) is 0.527. The lowest BCUT2D eigenvalue weighted by atomic mass is 10.3. The molecule has 100 valence electrons. The van der Waals surface area contributed by atoms with Crippen LogP contribution >= 0.6 is 7.60 Å². The molecule has 0 aromatic carbocycles. The van der Waals surface area contributed by atoms with E-state index >= 15 is 0 Å². The molecule has 1 aliphatic rings. The first-order valence-electron chi connectivity index (χ1n) is 5.11. The van der Waals surface area contributed by atoms with Crippen molar-refractivity contribution in [3.05, 3.63) is 0 Å². The Morgan fingerprint density at radius 3 is 2.59 bits per heavy atom. The van der Waals surface area contributed by atoms with Gasteiger partial charge in [-0.25, -0.2) is 0 Å². The van der Waals surface area contributed by atoms with E-state index in [-0.39, 0.29) is 6.35 Å². The Labute approximate surface area is 99.8 Å². The van der Waals surface area contributed by atoms with Gasteiger partial charge in [0.15, 0.2) is 18.7 Å². The minimum Gasteiger partial charge on any atom is -0.457 e. The Kier molecular flexibility index (Phi) is 5.55. The minimum absolute atomic E-state index is 0.248. The molecular formula is C9H17O7P. The summed E-state index contributed by atoms with van der Waals surface area (Å²) >= 11 is 0. The van der Waals surface area contributed by atoms with Crippen LogP contribution in [0, 0.1) is 0 Å². The molecule has 1 rings (SSSR count). The maximum atomic E-state index is 11.7. The summed E-state index contributed by atoms with van der Waals surface area (Å²) in [6.45, 7) is 1.73. The average molecular weight is 268 g/mol. The fourth-order valence-corrected chi connectivity index (χ4v) is 2.06. The van der Waals surface area contributed by atoms with Crippen LogP contribution in [0.25, 0.3) is 0 Å². The van der Waals surface area contributed by atoms with Crippen LogP contribution in [-0.2, 0) is 32.6 Å². The maximum absolute atomic E-state index is 11.7. The van der Waals surface area contributed by atoms with Gasteiger partial charge >= 0.3 is 13.6 Å². The number of hydrogen-bond acceptors (Lipinski definition) is 7. The second-order valence-corrected chi connectivity index (χ2v) is 5.66. The number of ether oxygens (including phenoxy) is 3. The topological polar surface area (TPSA) is 80.3 Å². The predicted octanol–water partition coefficient (Wildman–Crippen LogP) is 1.12. The second-order valence-electron chi connectivity index (χ2n) is 3.45. The van der Waals surface area contributed by atoms with Crippen LogP contribution in [-0.4, -0.2) is 45.5 Å². The third kappa shape index (κ3) is 4.37. The summed E-state index contributed by atoms with van der Waals surface area (Å²) in [5.74, 6) is -0.407. The highest BCUT2D eigenvalue weighted by atomic mass is 31.2. The van der Waals surface area contributed by atoms with Gasteiger partial charge < -0.3 is 23.3 Å². The standard InChI is InChI=1S/C9H17O7P/c1-7(10)16-8-4-5-14-9(8)15-6-17(11,12-2)13-3/h8-9H,4-6H2,1-3H3. The number of hydrogen-bond donors (Lipinski definition) is 0. The monoisotopic (exact) mass is 268 g/mol. The lowest BCUT2D eigenvalue weighted by Crippen LogP contribution is -2.29. The van der Waals surface area contributed by atoms with Crippen molar-refractivity contribution in [2.75, 3.05) is 27.2 Å². The highest BCUT2D eigenvalue weighted by Gasteiger charge is 2.34. The molecule has 1 heterocycles. The van der Waals surface area contributed by atoms with E-state index in [1.807, 2.05) is 0 Å². The molecule has 0 N–H and O–H groups in total. The Bertz CT molecular complexity index is 298. The number of rotatable bonds is 6. The van der Waals surface area contributed by atoms with E-state index < -0.39 is 26.0 Å². The van der Waals surface area contributed by atoms with Crippen molar-refractivity contribution >= 4 is 13.6 Å². The first-order valence-corrected chi connectivity index (χ1v) is 6.84. The van der Waals surface area contributed by atoms with E-state index in [2.05, 4.69) is 0 Å². The molecule has 1 aliphatic heterocycles. The van der Waals surface area contributed by atoms with Crippen LogP contribution in [0.15, 0.2) is 0 Å². The van der Waals surface area contributed by atoms with Gasteiger partial charge in [-0.3, -0.25) is 9.36 Å². The van der Waals surface area contributed by atoms with E-state index in [1.165, 1.54) is 21.1 Å². The van der Waals surface area contributed by atoms with E-state index in [1.54, 1.807) is 0 Å². The van der Waals surface area contributed by atoms with Gasteiger partial charge in [0.25, 0.3) is 0 Å². The van der Waals surface area contributed by atoms with Gasteiger partial charge in [0, 0.05) is 27.6 Å². The van der Waals surface area contributed by atoms with Gasteiger partial charge in [-0.15, -0.1) is 0 Å². The molecule has 0 amide bonds. The zero-order chi connectivity index (χ0) is 12.9. The highest BCUT2D eigenvalue weighted by molar-refractivity contribution is 7.53. The van der Waals surface area contributed by atoms with Gasteiger partial charge in [0.1, 0.15) is 0 Å². The maximum Gasteiger partial charge on any atom is 0.355 e. The van der Waals surface area contributed by atoms with Crippen molar-refractivity contribution in [3.8, 4) is 0 Å². The lowest BCUT2D eigenvalue weighted by Gasteiger charge is -2.21. The van der Waals surface area contributed by atoms with Crippen molar-refractivity contribution in [3.63, 3.8) is 0 Å². The summed E-state index contributed by atoms with van der Waals surface area (Å²) in [5, 5.41) is 0. The lowest BCUT2D eigenvalue weighted by molar-refractivity contribution is -0.173. The molecule has 0 aromatic rings. The largest absolute Gasteiger partial charge is 0.457 e. The fraction of sp³-hybridized carbons (Fsp3) is 0.889. The van der Waals surface area contributed by atoms with E-state index in [0.29, 0.717) is 13.0 Å². The Hall–Kier alpha value is -0.460. The van der Waals surface area contributed by atoms with Crippen molar-refractivity contribution < 1.29 is 32.6 Å². The molecule has 7 nitrogen and oxygen atoms in total. The van der Waals surface area contributed by atoms with E-state index in [4.69, 9.17) is 23.3 Å². The van der Waals surface area contributed by atoms with Gasteiger partial charge in [0.2, 0.25) is 0 Å². The molecule has 0 spiro atoms. The Balaban J connectivity index is 2.45.